The van der Waals surface area contributed by atoms with Crippen molar-refractivity contribution in [1.29, 1.82) is 5.26 Å². The molecule has 7 atom stereocenters. The Balaban J connectivity index is 1.51. The molecule has 0 radical (unpaired) electrons. The van der Waals surface area contributed by atoms with Gasteiger partial charge in [0.1, 0.15) is 11.9 Å². The number of carbonyl (C=O) groups excluding carboxylic acids is 1. The first-order valence-corrected chi connectivity index (χ1v) is 13.1. The summed E-state index contributed by atoms with van der Waals surface area (Å²) >= 11 is 0. The monoisotopic (exact) mass is 457 g/mol. The first-order valence-electron chi connectivity index (χ1n) is 13.1. The molecular weight excluding hydrogens is 418 g/mol. The van der Waals surface area contributed by atoms with Gasteiger partial charge < -0.3 is 18.9 Å². The van der Waals surface area contributed by atoms with Crippen LogP contribution in [0, 0.1) is 40.4 Å². The van der Waals surface area contributed by atoms with Gasteiger partial charge in [0.05, 0.1) is 23.5 Å². The predicted molar refractivity (Wildman–Crippen MR) is 123 cm³/mol. The van der Waals surface area contributed by atoms with Gasteiger partial charge in [0.25, 0.3) is 0 Å². The Bertz CT molecular complexity index is 755. The van der Waals surface area contributed by atoms with Crippen molar-refractivity contribution < 1.29 is 23.7 Å². The number of hydrogen-bond donors (Lipinski definition) is 0. The molecule has 0 spiro atoms. The number of carbonyl (C=O) groups is 1. The van der Waals surface area contributed by atoms with Gasteiger partial charge in [-0.1, -0.05) is 31.6 Å². The van der Waals surface area contributed by atoms with Gasteiger partial charge in [0.15, 0.2) is 12.6 Å². The van der Waals surface area contributed by atoms with Crippen molar-refractivity contribution in [3.8, 4) is 17.9 Å². The van der Waals surface area contributed by atoms with E-state index >= 15 is 0 Å². The number of ketones is 1. The molecule has 2 aliphatic carbocycles. The zero-order chi connectivity index (χ0) is 23.1. The van der Waals surface area contributed by atoms with E-state index in [2.05, 4.69) is 24.8 Å². The number of ether oxygens (including phenoxy) is 4. The van der Waals surface area contributed by atoms with E-state index in [9.17, 15) is 10.1 Å². The van der Waals surface area contributed by atoms with Crippen molar-refractivity contribution in [3.05, 3.63) is 0 Å². The fraction of sp³-hybridized carbons (Fsp3) is 0.852. The fourth-order valence-electron chi connectivity index (χ4n) is 5.89. The van der Waals surface area contributed by atoms with Crippen LogP contribution in [0.5, 0.6) is 0 Å². The molecule has 2 aliphatic heterocycles. The highest BCUT2D eigenvalue weighted by Crippen LogP contribution is 2.56. The lowest BCUT2D eigenvalue weighted by atomic mass is 9.79. The molecule has 2 saturated carbocycles. The van der Waals surface area contributed by atoms with E-state index < -0.39 is 5.41 Å². The minimum absolute atomic E-state index is 0.0710. The van der Waals surface area contributed by atoms with Crippen LogP contribution in [0.15, 0.2) is 0 Å². The third-order valence-corrected chi connectivity index (χ3v) is 7.69. The van der Waals surface area contributed by atoms with Crippen LogP contribution < -0.4 is 0 Å². The van der Waals surface area contributed by atoms with Gasteiger partial charge in [0.2, 0.25) is 0 Å². The van der Waals surface area contributed by atoms with E-state index in [1.807, 2.05) is 0 Å². The van der Waals surface area contributed by atoms with Crippen LogP contribution in [-0.4, -0.2) is 43.8 Å². The standard InChI is InChI=1S/C27H39NO5/c1-2-3-4-9-21(32-25-10-5-7-14-30-25)12-13-22-23-16-20(29)17-27(23,19-28)18-24(22)33-26-11-6-8-15-31-26/h21-26H,2-11,14-18H2,1H3/t21-,22+,23?,24+,25?,26?,27-/m0/s1. The molecule has 0 aromatic heterocycles. The lowest BCUT2D eigenvalue weighted by molar-refractivity contribution is -0.192. The fourth-order valence-corrected chi connectivity index (χ4v) is 5.89. The van der Waals surface area contributed by atoms with Crippen LogP contribution in [0.2, 0.25) is 0 Å². The van der Waals surface area contributed by atoms with Crippen LogP contribution in [0.25, 0.3) is 0 Å². The zero-order valence-electron chi connectivity index (χ0n) is 20.1. The average molecular weight is 458 g/mol. The largest absolute Gasteiger partial charge is 0.353 e. The van der Waals surface area contributed by atoms with Gasteiger partial charge in [-0.2, -0.15) is 5.26 Å². The summed E-state index contributed by atoms with van der Waals surface area (Å²) in [6, 6.07) is 2.50. The summed E-state index contributed by atoms with van der Waals surface area (Å²) in [6.07, 6.45) is 10.9. The van der Waals surface area contributed by atoms with Gasteiger partial charge in [-0.25, -0.2) is 0 Å². The van der Waals surface area contributed by atoms with Crippen molar-refractivity contribution >= 4 is 5.78 Å². The Kier molecular flexibility index (Phi) is 8.83. The molecule has 6 heteroatoms. The number of unbranched alkanes of at least 4 members (excludes halogenated alkanes) is 2. The lowest BCUT2D eigenvalue weighted by Gasteiger charge is -2.28. The maximum absolute atomic E-state index is 12.3. The summed E-state index contributed by atoms with van der Waals surface area (Å²) in [5.41, 5.74) is -0.652. The summed E-state index contributed by atoms with van der Waals surface area (Å²) in [7, 11) is 0. The normalized spacial score (nSPS) is 37.1. The van der Waals surface area contributed by atoms with E-state index in [0.29, 0.717) is 25.9 Å². The summed E-state index contributed by atoms with van der Waals surface area (Å²) in [4.78, 5) is 12.3. The maximum Gasteiger partial charge on any atom is 0.159 e. The molecule has 0 aromatic rings. The van der Waals surface area contributed by atoms with Crippen molar-refractivity contribution in [3.63, 3.8) is 0 Å². The van der Waals surface area contributed by atoms with Gasteiger partial charge in [-0.15, -0.1) is 0 Å². The number of fused-ring (bicyclic) bond motifs is 1. The van der Waals surface area contributed by atoms with Crippen molar-refractivity contribution in [2.75, 3.05) is 13.2 Å². The van der Waals surface area contributed by atoms with Gasteiger partial charge in [-0.05, 0) is 57.8 Å². The minimum Gasteiger partial charge on any atom is -0.353 e. The average Bonchev–Trinajstić information content (AvgIpc) is 3.29. The number of hydrogen-bond acceptors (Lipinski definition) is 6. The molecular formula is C27H39NO5. The molecule has 4 rings (SSSR count). The number of nitrogens with zero attached hydrogens (tertiary/aromatic N) is 1. The second-order valence-electron chi connectivity index (χ2n) is 10.2. The smallest absolute Gasteiger partial charge is 0.159 e. The zero-order valence-corrected chi connectivity index (χ0v) is 20.1. The molecule has 33 heavy (non-hydrogen) atoms. The molecule has 4 fully saturated rings. The Labute approximate surface area is 198 Å². The Morgan fingerprint density at radius 2 is 1.88 bits per heavy atom. The molecule has 0 bridgehead atoms. The lowest BCUT2D eigenvalue weighted by Crippen LogP contribution is -2.31. The quantitative estimate of drug-likeness (QED) is 0.381. The van der Waals surface area contributed by atoms with Crippen molar-refractivity contribution in [1.82, 2.24) is 0 Å². The highest BCUT2D eigenvalue weighted by molar-refractivity contribution is 5.83. The molecule has 0 N–H and O–H groups in total. The van der Waals surface area contributed by atoms with E-state index in [-0.39, 0.29) is 42.4 Å². The van der Waals surface area contributed by atoms with Crippen LogP contribution in [0.1, 0.15) is 90.4 Å². The van der Waals surface area contributed by atoms with Crippen LogP contribution >= 0.6 is 0 Å². The topological polar surface area (TPSA) is 77.8 Å². The Morgan fingerprint density at radius 3 is 2.55 bits per heavy atom. The van der Waals surface area contributed by atoms with Crippen molar-refractivity contribution in [2.45, 2.75) is 115 Å². The molecule has 2 saturated heterocycles. The Morgan fingerprint density at radius 1 is 1.12 bits per heavy atom. The first kappa shape index (κ1) is 24.7. The maximum atomic E-state index is 12.3. The number of nitriles is 1. The van der Waals surface area contributed by atoms with Crippen LogP contribution in [-0.2, 0) is 23.7 Å². The summed E-state index contributed by atoms with van der Waals surface area (Å²) in [5, 5.41) is 10.0. The third kappa shape index (κ3) is 6.17. The van der Waals surface area contributed by atoms with Crippen LogP contribution in [0.3, 0.4) is 0 Å². The molecule has 6 nitrogen and oxygen atoms in total. The van der Waals surface area contributed by atoms with E-state index in [0.717, 1.165) is 70.8 Å². The number of rotatable bonds is 8. The van der Waals surface area contributed by atoms with Gasteiger partial charge in [-0.3, -0.25) is 4.79 Å². The molecule has 182 valence electrons. The molecule has 4 aliphatic rings. The van der Waals surface area contributed by atoms with Crippen LogP contribution in [0.4, 0.5) is 0 Å². The minimum atomic E-state index is -0.652. The number of Topliss-reactive ketones (excluding diaryl/α,β-unsaturated/α-hetero) is 1. The molecule has 0 amide bonds. The summed E-state index contributed by atoms with van der Waals surface area (Å²) in [5.74, 6) is 6.84. The molecule has 0 aromatic carbocycles. The summed E-state index contributed by atoms with van der Waals surface area (Å²) < 4.78 is 24.3. The SMILES string of the molecule is CCCCC[C@@H](C#C[C@@H]1C2CC(=O)C[C@@]2(C#N)C[C@H]1OC1CCCCO1)OC1CCCCO1. The highest BCUT2D eigenvalue weighted by Gasteiger charge is 2.59. The second kappa shape index (κ2) is 11.8. The second-order valence-corrected chi connectivity index (χ2v) is 10.2. The van der Waals surface area contributed by atoms with Crippen molar-refractivity contribution in [2.24, 2.45) is 17.3 Å². The van der Waals surface area contributed by atoms with E-state index in [1.54, 1.807) is 0 Å². The Hall–Kier alpha value is -1.44. The van der Waals surface area contributed by atoms with Gasteiger partial charge >= 0.3 is 0 Å². The summed E-state index contributed by atoms with van der Waals surface area (Å²) in [6.45, 7) is 3.65. The van der Waals surface area contributed by atoms with Gasteiger partial charge in [0, 0.05) is 32.0 Å². The van der Waals surface area contributed by atoms with E-state index in [4.69, 9.17) is 18.9 Å². The third-order valence-electron chi connectivity index (χ3n) is 7.69. The predicted octanol–water partition coefficient (Wildman–Crippen LogP) is 4.90. The molecule has 2 heterocycles. The highest BCUT2D eigenvalue weighted by atomic mass is 16.7. The first-order chi connectivity index (χ1) is 16.1. The molecule has 3 unspecified atom stereocenters. The van der Waals surface area contributed by atoms with E-state index in [1.165, 1.54) is 0 Å².